The summed E-state index contributed by atoms with van der Waals surface area (Å²) in [6.07, 6.45) is 8.30. The van der Waals surface area contributed by atoms with E-state index in [1.165, 1.54) is 12.8 Å². The average molecular weight is 384 g/mol. The van der Waals surface area contributed by atoms with Gasteiger partial charge in [-0.15, -0.1) is 0 Å². The van der Waals surface area contributed by atoms with E-state index in [0.717, 1.165) is 31.4 Å². The first-order chi connectivity index (χ1) is 12.3. The minimum Gasteiger partial charge on any atom is -0.348 e. The first kappa shape index (κ1) is 19.6. The number of nitrogens with zero attached hydrogens (tertiary/aromatic N) is 3. The number of hydrogen-bond donors (Lipinski definition) is 0. The molecule has 1 aliphatic heterocycles. The lowest BCUT2D eigenvalue weighted by atomic mass is 9.98. The Morgan fingerprint density at radius 3 is 2.58 bits per heavy atom. The molecule has 26 heavy (non-hydrogen) atoms. The topological polar surface area (TPSA) is 56.6 Å². The lowest BCUT2D eigenvalue weighted by molar-refractivity contribution is -0.149. The highest BCUT2D eigenvalue weighted by molar-refractivity contribution is 6.31. The molecule has 1 aromatic rings. The molecule has 1 atom stereocenters. The Hall–Kier alpha value is -1.11. The maximum atomic E-state index is 13.3. The summed E-state index contributed by atoms with van der Waals surface area (Å²) in [4.78, 5) is 15.1. The van der Waals surface area contributed by atoms with Crippen molar-refractivity contribution in [2.45, 2.75) is 70.8 Å². The summed E-state index contributed by atoms with van der Waals surface area (Å²) >= 11 is 6.29. The monoisotopic (exact) mass is 383 g/mol. The fourth-order valence-corrected chi connectivity index (χ4v) is 4.15. The highest BCUT2D eigenvalue weighted by Crippen LogP contribution is 2.28. The van der Waals surface area contributed by atoms with Crippen LogP contribution in [0.4, 0.5) is 0 Å². The minimum absolute atomic E-state index is 0.0929. The van der Waals surface area contributed by atoms with Crippen LogP contribution in [0.3, 0.4) is 0 Å². The van der Waals surface area contributed by atoms with Crippen molar-refractivity contribution in [3.63, 3.8) is 0 Å². The SMILES string of the molecule is Cn1cc(Cl)c(CN(C[C@H]2COC(C)(C)O2)C(=O)C2CCCCCC2)n1. The fourth-order valence-electron chi connectivity index (χ4n) is 3.91. The van der Waals surface area contributed by atoms with Crippen molar-refractivity contribution in [1.29, 1.82) is 0 Å². The van der Waals surface area contributed by atoms with Crippen LogP contribution in [0.15, 0.2) is 6.20 Å². The van der Waals surface area contributed by atoms with Gasteiger partial charge in [-0.2, -0.15) is 5.10 Å². The van der Waals surface area contributed by atoms with Gasteiger partial charge in [-0.3, -0.25) is 9.48 Å². The predicted octanol–water partition coefficient (Wildman–Crippen LogP) is 3.52. The van der Waals surface area contributed by atoms with Gasteiger partial charge in [-0.05, 0) is 26.7 Å². The lowest BCUT2D eigenvalue weighted by Crippen LogP contribution is -2.42. The molecular formula is C19H30ClN3O3. The van der Waals surface area contributed by atoms with Crippen LogP contribution in [-0.4, -0.2) is 45.6 Å². The van der Waals surface area contributed by atoms with Gasteiger partial charge in [-0.1, -0.05) is 37.3 Å². The predicted molar refractivity (Wildman–Crippen MR) is 99.7 cm³/mol. The van der Waals surface area contributed by atoms with Crippen LogP contribution in [0, 0.1) is 5.92 Å². The second kappa shape index (κ2) is 8.28. The van der Waals surface area contributed by atoms with Crippen LogP contribution < -0.4 is 0 Å². The fraction of sp³-hybridized carbons (Fsp3) is 0.789. The number of ether oxygens (including phenoxy) is 2. The molecule has 0 aromatic carbocycles. The summed E-state index contributed by atoms with van der Waals surface area (Å²) in [7, 11) is 1.84. The maximum Gasteiger partial charge on any atom is 0.226 e. The Morgan fingerprint density at radius 2 is 2.04 bits per heavy atom. The molecule has 1 aliphatic carbocycles. The highest BCUT2D eigenvalue weighted by Gasteiger charge is 2.36. The van der Waals surface area contributed by atoms with E-state index in [-0.39, 0.29) is 17.9 Å². The minimum atomic E-state index is -0.593. The van der Waals surface area contributed by atoms with E-state index in [1.807, 2.05) is 25.8 Å². The lowest BCUT2D eigenvalue weighted by Gasteiger charge is -2.29. The summed E-state index contributed by atoms with van der Waals surface area (Å²) in [5.41, 5.74) is 0.731. The maximum absolute atomic E-state index is 13.3. The third-order valence-electron chi connectivity index (χ3n) is 5.20. The summed E-state index contributed by atoms with van der Waals surface area (Å²) < 4.78 is 13.3. The normalized spacial score (nSPS) is 23.8. The Balaban J connectivity index is 1.73. The highest BCUT2D eigenvalue weighted by atomic mass is 35.5. The van der Waals surface area contributed by atoms with Crippen molar-refractivity contribution < 1.29 is 14.3 Å². The van der Waals surface area contributed by atoms with Gasteiger partial charge < -0.3 is 14.4 Å². The molecule has 1 amide bonds. The van der Waals surface area contributed by atoms with Crippen molar-refractivity contribution in [1.82, 2.24) is 14.7 Å². The van der Waals surface area contributed by atoms with E-state index in [0.29, 0.717) is 24.7 Å². The number of aryl methyl sites for hydroxylation is 1. The van der Waals surface area contributed by atoms with Crippen LogP contribution in [-0.2, 0) is 27.9 Å². The summed E-state index contributed by atoms with van der Waals surface area (Å²) in [6, 6.07) is 0. The molecule has 3 rings (SSSR count). The van der Waals surface area contributed by atoms with Crippen molar-refractivity contribution >= 4 is 17.5 Å². The number of carbonyl (C=O) groups is 1. The first-order valence-electron chi connectivity index (χ1n) is 9.62. The molecule has 0 spiro atoms. The van der Waals surface area contributed by atoms with Crippen molar-refractivity contribution in [3.05, 3.63) is 16.9 Å². The van der Waals surface area contributed by atoms with Gasteiger partial charge in [0.25, 0.3) is 0 Å². The molecule has 0 radical (unpaired) electrons. The zero-order valence-corrected chi connectivity index (χ0v) is 16.8. The zero-order valence-electron chi connectivity index (χ0n) is 16.0. The van der Waals surface area contributed by atoms with Crippen LogP contribution in [0.2, 0.25) is 5.02 Å². The number of halogens is 1. The second-order valence-corrected chi connectivity index (χ2v) is 8.36. The van der Waals surface area contributed by atoms with E-state index >= 15 is 0 Å². The molecule has 2 heterocycles. The van der Waals surface area contributed by atoms with E-state index in [2.05, 4.69) is 5.10 Å². The molecule has 0 bridgehead atoms. The standard InChI is InChI=1S/C19H30ClN3O3/c1-19(2)25-13-15(26-19)10-23(12-17-16(20)11-22(3)21-17)18(24)14-8-6-4-5-7-9-14/h11,14-15H,4-10,12-13H2,1-3H3/t15-/m0/s1. The second-order valence-electron chi connectivity index (χ2n) is 7.96. The van der Waals surface area contributed by atoms with E-state index in [9.17, 15) is 4.79 Å². The van der Waals surface area contributed by atoms with E-state index < -0.39 is 5.79 Å². The van der Waals surface area contributed by atoms with Crippen LogP contribution in [0.25, 0.3) is 0 Å². The molecule has 0 unspecified atom stereocenters. The van der Waals surface area contributed by atoms with Crippen molar-refractivity contribution in [2.75, 3.05) is 13.2 Å². The van der Waals surface area contributed by atoms with Crippen LogP contribution >= 0.6 is 11.6 Å². The molecule has 2 aliphatic rings. The molecule has 146 valence electrons. The molecule has 2 fully saturated rings. The average Bonchev–Trinajstić information content (AvgIpc) is 2.94. The Kier molecular flexibility index (Phi) is 6.25. The summed E-state index contributed by atoms with van der Waals surface area (Å²) in [5.74, 6) is -0.304. The molecule has 7 heteroatoms. The molecular weight excluding hydrogens is 354 g/mol. The number of amides is 1. The van der Waals surface area contributed by atoms with Gasteiger partial charge in [0.2, 0.25) is 5.91 Å². The Bertz CT molecular complexity index is 624. The van der Waals surface area contributed by atoms with Gasteiger partial charge >= 0.3 is 0 Å². The van der Waals surface area contributed by atoms with Gasteiger partial charge in [0.05, 0.1) is 18.2 Å². The third-order valence-corrected chi connectivity index (χ3v) is 5.52. The number of rotatable bonds is 5. The van der Waals surface area contributed by atoms with E-state index in [1.54, 1.807) is 10.9 Å². The Labute approximate surface area is 160 Å². The molecule has 0 N–H and O–H groups in total. The van der Waals surface area contributed by atoms with Gasteiger partial charge in [0.1, 0.15) is 11.8 Å². The first-order valence-corrected chi connectivity index (χ1v) is 10.0. The number of aromatic nitrogens is 2. The van der Waals surface area contributed by atoms with Crippen LogP contribution in [0.1, 0.15) is 58.1 Å². The molecule has 1 saturated carbocycles. The van der Waals surface area contributed by atoms with Gasteiger partial charge in [0.15, 0.2) is 5.79 Å². The Morgan fingerprint density at radius 1 is 1.35 bits per heavy atom. The third kappa shape index (κ3) is 4.99. The van der Waals surface area contributed by atoms with E-state index in [4.69, 9.17) is 21.1 Å². The summed E-state index contributed by atoms with van der Waals surface area (Å²) in [5, 5.41) is 5.01. The quantitative estimate of drug-likeness (QED) is 0.730. The van der Waals surface area contributed by atoms with Gasteiger partial charge in [0, 0.05) is 25.7 Å². The zero-order chi connectivity index (χ0) is 18.7. The van der Waals surface area contributed by atoms with Crippen LogP contribution in [0.5, 0.6) is 0 Å². The largest absolute Gasteiger partial charge is 0.348 e. The number of hydrogen-bond acceptors (Lipinski definition) is 4. The van der Waals surface area contributed by atoms with Crippen molar-refractivity contribution in [3.8, 4) is 0 Å². The molecule has 6 nitrogen and oxygen atoms in total. The van der Waals surface area contributed by atoms with Gasteiger partial charge in [-0.25, -0.2) is 0 Å². The smallest absolute Gasteiger partial charge is 0.226 e. The summed E-state index contributed by atoms with van der Waals surface area (Å²) in [6.45, 7) is 5.22. The van der Waals surface area contributed by atoms with Crippen molar-refractivity contribution in [2.24, 2.45) is 13.0 Å². The molecule has 1 saturated heterocycles. The number of carbonyl (C=O) groups excluding carboxylic acids is 1. The molecule has 1 aromatic heterocycles.